The van der Waals surface area contributed by atoms with Crippen molar-refractivity contribution < 1.29 is 0 Å². The first-order valence-corrected chi connectivity index (χ1v) is 7.56. The Morgan fingerprint density at radius 3 is 0.818 bits per heavy atom. The first kappa shape index (κ1) is 12.8. The van der Waals surface area contributed by atoms with E-state index >= 15 is 0 Å². The molecule has 0 amide bonds. The molecule has 5 rings (SSSR count). The predicted molar refractivity (Wildman–Crippen MR) is 96.6 cm³/mol. The second-order valence-electron chi connectivity index (χ2n) is 5.44. The minimum Gasteiger partial charge on any atom is -0.0623 e. The molecule has 0 aliphatic rings. The van der Waals surface area contributed by atoms with Gasteiger partial charge in [0.05, 0.1) is 0 Å². The summed E-state index contributed by atoms with van der Waals surface area (Å²) < 4.78 is 0. The largest absolute Gasteiger partial charge is 0.0623 e. The molecule has 0 aliphatic heterocycles. The maximum atomic E-state index is 2.21. The summed E-state index contributed by atoms with van der Waals surface area (Å²) in [5.41, 5.74) is 0. The van der Waals surface area contributed by atoms with Gasteiger partial charge in [-0.05, 0) is 32.3 Å². The van der Waals surface area contributed by atoms with Crippen LogP contribution in [0.5, 0.6) is 0 Å². The Bertz CT molecular complexity index is 857. The molecule has 0 saturated heterocycles. The highest BCUT2D eigenvalue weighted by Crippen LogP contribution is 2.33. The van der Waals surface area contributed by atoms with Crippen LogP contribution in [0.2, 0.25) is 0 Å². The molecular formula is C22H16. The third-order valence-electron chi connectivity index (χ3n) is 4.06. The normalized spacial score (nSPS) is 10.7. The van der Waals surface area contributed by atoms with E-state index in [-0.39, 0.29) is 0 Å². The van der Waals surface area contributed by atoms with Gasteiger partial charge in [-0.3, -0.25) is 0 Å². The second kappa shape index (κ2) is 5.50. The molecular weight excluding hydrogens is 264 g/mol. The fourth-order valence-corrected chi connectivity index (χ4v) is 3.05. The van der Waals surface area contributed by atoms with Crippen LogP contribution in [-0.4, -0.2) is 0 Å². The second-order valence-corrected chi connectivity index (χ2v) is 5.44. The number of benzene rings is 5. The van der Waals surface area contributed by atoms with Crippen molar-refractivity contribution in [2.75, 3.05) is 0 Å². The molecule has 22 heavy (non-hydrogen) atoms. The monoisotopic (exact) mass is 280 g/mol. The molecule has 0 aliphatic carbocycles. The van der Waals surface area contributed by atoms with Crippen LogP contribution in [0.25, 0.3) is 32.3 Å². The average Bonchev–Trinajstić information content (AvgIpc) is 2.62. The van der Waals surface area contributed by atoms with Crippen LogP contribution in [0, 0.1) is 0 Å². The lowest BCUT2D eigenvalue weighted by molar-refractivity contribution is 1.72. The SMILES string of the molecule is c1cc2ccc3cccc4ccc(c1)c2c34.c1ccccc1. The van der Waals surface area contributed by atoms with Crippen LogP contribution in [0.4, 0.5) is 0 Å². The molecule has 0 aromatic heterocycles. The smallest absolute Gasteiger partial charge is 0.00268 e. The first-order chi connectivity index (χ1) is 10.9. The van der Waals surface area contributed by atoms with Gasteiger partial charge in [-0.25, -0.2) is 0 Å². The van der Waals surface area contributed by atoms with Gasteiger partial charge in [0, 0.05) is 0 Å². The third kappa shape index (κ3) is 2.19. The maximum absolute atomic E-state index is 2.21. The molecule has 0 heteroatoms. The molecule has 0 unspecified atom stereocenters. The van der Waals surface area contributed by atoms with Crippen molar-refractivity contribution in [3.63, 3.8) is 0 Å². The fourth-order valence-electron chi connectivity index (χ4n) is 3.05. The van der Waals surface area contributed by atoms with Crippen LogP contribution in [0.1, 0.15) is 0 Å². The van der Waals surface area contributed by atoms with Crippen molar-refractivity contribution >= 4 is 32.3 Å². The Balaban J connectivity index is 0.000000177. The Labute approximate surface area is 130 Å². The molecule has 5 aromatic rings. The minimum atomic E-state index is 1.34. The van der Waals surface area contributed by atoms with Gasteiger partial charge < -0.3 is 0 Å². The number of hydrogen-bond acceptors (Lipinski definition) is 0. The fraction of sp³-hybridized carbons (Fsp3) is 0. The van der Waals surface area contributed by atoms with Gasteiger partial charge in [0.15, 0.2) is 0 Å². The van der Waals surface area contributed by atoms with E-state index in [0.29, 0.717) is 0 Å². The van der Waals surface area contributed by atoms with E-state index in [2.05, 4.69) is 60.7 Å². The topological polar surface area (TPSA) is 0 Å². The highest BCUT2D eigenvalue weighted by molar-refractivity contribution is 6.22. The van der Waals surface area contributed by atoms with E-state index in [1.54, 1.807) is 0 Å². The molecule has 0 spiro atoms. The van der Waals surface area contributed by atoms with E-state index in [0.717, 1.165) is 0 Å². The Morgan fingerprint density at radius 1 is 0.273 bits per heavy atom. The molecule has 0 bridgehead atoms. The summed E-state index contributed by atoms with van der Waals surface area (Å²) in [6, 6.07) is 33.9. The van der Waals surface area contributed by atoms with Crippen molar-refractivity contribution in [3.8, 4) is 0 Å². The molecule has 0 radical (unpaired) electrons. The first-order valence-electron chi connectivity index (χ1n) is 7.56. The van der Waals surface area contributed by atoms with Crippen LogP contribution in [0.3, 0.4) is 0 Å². The minimum absolute atomic E-state index is 1.34. The van der Waals surface area contributed by atoms with Crippen LogP contribution in [0.15, 0.2) is 97.1 Å². The Morgan fingerprint density at radius 2 is 0.545 bits per heavy atom. The summed E-state index contributed by atoms with van der Waals surface area (Å²) in [7, 11) is 0. The lowest BCUT2D eigenvalue weighted by Crippen LogP contribution is -1.82. The van der Waals surface area contributed by atoms with E-state index in [1.165, 1.54) is 32.3 Å². The number of rotatable bonds is 0. The standard InChI is InChI=1S/C16H10.C6H6/c1-3-11-7-9-13-5-2-6-14-10-8-12(4-1)15(11)16(13)14;1-2-4-6-5-3-1/h1-10H;1-6H. The van der Waals surface area contributed by atoms with Crippen molar-refractivity contribution in [2.24, 2.45) is 0 Å². The maximum Gasteiger partial charge on any atom is -0.00268 e. The van der Waals surface area contributed by atoms with Crippen LogP contribution in [-0.2, 0) is 0 Å². The number of hydrogen-bond donors (Lipinski definition) is 0. The zero-order chi connectivity index (χ0) is 14.8. The van der Waals surface area contributed by atoms with E-state index in [4.69, 9.17) is 0 Å². The Hall–Kier alpha value is -2.86. The van der Waals surface area contributed by atoms with Crippen molar-refractivity contribution in [1.29, 1.82) is 0 Å². The van der Waals surface area contributed by atoms with Gasteiger partial charge >= 0.3 is 0 Å². The molecule has 0 fully saturated rings. The van der Waals surface area contributed by atoms with Gasteiger partial charge in [0.25, 0.3) is 0 Å². The van der Waals surface area contributed by atoms with Gasteiger partial charge in [-0.2, -0.15) is 0 Å². The van der Waals surface area contributed by atoms with Gasteiger partial charge in [0.1, 0.15) is 0 Å². The lowest BCUT2D eigenvalue weighted by Gasteiger charge is -2.09. The van der Waals surface area contributed by atoms with Crippen molar-refractivity contribution in [1.82, 2.24) is 0 Å². The zero-order valence-electron chi connectivity index (χ0n) is 12.2. The van der Waals surface area contributed by atoms with E-state index in [9.17, 15) is 0 Å². The van der Waals surface area contributed by atoms with Gasteiger partial charge in [-0.15, -0.1) is 0 Å². The van der Waals surface area contributed by atoms with Crippen molar-refractivity contribution in [3.05, 3.63) is 97.1 Å². The summed E-state index contributed by atoms with van der Waals surface area (Å²) in [6.07, 6.45) is 0. The molecule has 0 saturated carbocycles. The van der Waals surface area contributed by atoms with E-state index < -0.39 is 0 Å². The highest BCUT2D eigenvalue weighted by atomic mass is 14.1. The molecule has 0 heterocycles. The molecule has 0 atom stereocenters. The lowest BCUT2D eigenvalue weighted by atomic mass is 9.95. The molecule has 5 aromatic carbocycles. The predicted octanol–water partition coefficient (Wildman–Crippen LogP) is 6.27. The molecule has 0 N–H and O–H groups in total. The third-order valence-corrected chi connectivity index (χ3v) is 4.06. The van der Waals surface area contributed by atoms with E-state index in [1.807, 2.05) is 36.4 Å². The average molecular weight is 280 g/mol. The van der Waals surface area contributed by atoms with Gasteiger partial charge in [-0.1, -0.05) is 97.1 Å². The summed E-state index contributed by atoms with van der Waals surface area (Å²) in [4.78, 5) is 0. The molecule has 104 valence electrons. The van der Waals surface area contributed by atoms with Crippen molar-refractivity contribution in [2.45, 2.75) is 0 Å². The highest BCUT2D eigenvalue weighted by Gasteiger charge is 2.05. The van der Waals surface area contributed by atoms with Crippen LogP contribution >= 0.6 is 0 Å². The Kier molecular flexibility index (Phi) is 3.21. The summed E-state index contributed by atoms with van der Waals surface area (Å²) in [5, 5.41) is 8.14. The summed E-state index contributed by atoms with van der Waals surface area (Å²) in [5.74, 6) is 0. The summed E-state index contributed by atoms with van der Waals surface area (Å²) in [6.45, 7) is 0. The molecule has 0 nitrogen and oxygen atoms in total. The summed E-state index contributed by atoms with van der Waals surface area (Å²) >= 11 is 0. The van der Waals surface area contributed by atoms with Crippen LogP contribution < -0.4 is 0 Å². The zero-order valence-corrected chi connectivity index (χ0v) is 12.2. The quantitative estimate of drug-likeness (QED) is 0.293. The van der Waals surface area contributed by atoms with Gasteiger partial charge in [0.2, 0.25) is 0 Å².